The summed E-state index contributed by atoms with van der Waals surface area (Å²) in [6, 6.07) is 18.0. The fraction of sp³-hybridized carbons (Fsp3) is 0.0769. The monoisotopic (exact) mass is 466 g/mol. The van der Waals surface area contributed by atoms with E-state index in [2.05, 4.69) is 10.3 Å². The number of pyridine rings is 1. The topological polar surface area (TPSA) is 42.0 Å². The van der Waals surface area contributed by atoms with E-state index in [4.69, 9.17) is 11.6 Å². The highest BCUT2D eigenvalue weighted by Gasteiger charge is 2.30. The zero-order valence-electron chi connectivity index (χ0n) is 17.5. The van der Waals surface area contributed by atoms with Crippen molar-refractivity contribution in [1.82, 2.24) is 4.98 Å². The molecule has 0 spiro atoms. The Morgan fingerprint density at radius 2 is 1.76 bits per heavy atom. The number of anilines is 2. The molecule has 0 saturated carbocycles. The lowest BCUT2D eigenvalue weighted by molar-refractivity contribution is -0.137. The van der Waals surface area contributed by atoms with E-state index in [1.165, 1.54) is 19.1 Å². The van der Waals surface area contributed by atoms with Gasteiger partial charge in [-0.15, -0.1) is 0 Å². The van der Waals surface area contributed by atoms with Crippen LogP contribution in [0.15, 0.2) is 79.0 Å². The molecule has 0 aliphatic heterocycles. The van der Waals surface area contributed by atoms with E-state index >= 15 is 0 Å². The van der Waals surface area contributed by atoms with Crippen LogP contribution in [0, 0.1) is 0 Å². The Bertz CT molecular complexity index is 1380. The molecule has 1 aromatic heterocycles. The summed E-state index contributed by atoms with van der Waals surface area (Å²) in [5, 5.41) is 4.39. The molecule has 0 atom stereocenters. The van der Waals surface area contributed by atoms with Gasteiger partial charge in [0.15, 0.2) is 5.78 Å². The average Bonchev–Trinajstić information content (AvgIpc) is 2.78. The second-order valence-electron chi connectivity index (χ2n) is 7.48. The van der Waals surface area contributed by atoms with E-state index in [0.29, 0.717) is 27.2 Å². The number of fused-ring (bicyclic) bond motifs is 1. The molecule has 3 nitrogen and oxygen atoms in total. The van der Waals surface area contributed by atoms with Crippen LogP contribution in [0.2, 0.25) is 5.02 Å². The number of hydrogen-bond acceptors (Lipinski definition) is 3. The van der Waals surface area contributed by atoms with Gasteiger partial charge in [0, 0.05) is 27.9 Å². The van der Waals surface area contributed by atoms with Gasteiger partial charge in [0.25, 0.3) is 0 Å². The third kappa shape index (κ3) is 5.23. The lowest BCUT2D eigenvalue weighted by Crippen LogP contribution is -2.05. The summed E-state index contributed by atoms with van der Waals surface area (Å²) in [5.41, 5.74) is 3.02. The maximum absolute atomic E-state index is 13.2. The van der Waals surface area contributed by atoms with Crippen LogP contribution >= 0.6 is 11.6 Å². The molecule has 7 heteroatoms. The van der Waals surface area contributed by atoms with Gasteiger partial charge in [0.1, 0.15) is 0 Å². The van der Waals surface area contributed by atoms with Crippen molar-refractivity contribution in [3.63, 3.8) is 0 Å². The molecule has 0 unspecified atom stereocenters. The van der Waals surface area contributed by atoms with Gasteiger partial charge in [-0.05, 0) is 72.7 Å². The van der Waals surface area contributed by atoms with E-state index in [1.807, 2.05) is 36.4 Å². The maximum atomic E-state index is 13.2. The van der Waals surface area contributed by atoms with Gasteiger partial charge in [0.2, 0.25) is 0 Å². The van der Waals surface area contributed by atoms with E-state index in [1.54, 1.807) is 24.4 Å². The predicted molar refractivity (Wildman–Crippen MR) is 127 cm³/mol. The highest BCUT2D eigenvalue weighted by molar-refractivity contribution is 6.30. The van der Waals surface area contributed by atoms with Gasteiger partial charge in [-0.1, -0.05) is 35.9 Å². The molecule has 3 aromatic carbocycles. The first-order valence-electron chi connectivity index (χ1n) is 10.0. The highest BCUT2D eigenvalue weighted by atomic mass is 35.5. The largest absolute Gasteiger partial charge is 0.416 e. The van der Waals surface area contributed by atoms with Gasteiger partial charge in [0.05, 0.1) is 16.8 Å². The first kappa shape index (κ1) is 22.6. The lowest BCUT2D eigenvalue weighted by atomic mass is 10.0. The van der Waals surface area contributed by atoms with Crippen molar-refractivity contribution >= 4 is 45.7 Å². The number of benzene rings is 3. The summed E-state index contributed by atoms with van der Waals surface area (Å²) in [4.78, 5) is 16.0. The summed E-state index contributed by atoms with van der Waals surface area (Å²) >= 11 is 6.14. The molecular weight excluding hydrogens is 449 g/mol. The number of nitrogens with zero attached hydrogens (tertiary/aromatic N) is 1. The summed E-state index contributed by atoms with van der Waals surface area (Å²) in [6.07, 6.45) is 0.101. The van der Waals surface area contributed by atoms with E-state index < -0.39 is 11.7 Å². The van der Waals surface area contributed by atoms with Crippen molar-refractivity contribution in [2.45, 2.75) is 13.1 Å². The Morgan fingerprint density at radius 1 is 1.00 bits per heavy atom. The molecule has 0 bridgehead atoms. The number of alkyl halides is 3. The molecule has 0 saturated heterocycles. The SMILES string of the molecule is CC(=O)/C=C/c1cnc2ccc(-c3cccc(Cl)c3)cc2c1Nc1cccc(C(F)(F)F)c1. The van der Waals surface area contributed by atoms with Crippen molar-refractivity contribution in [3.8, 4) is 11.1 Å². The average molecular weight is 467 g/mol. The van der Waals surface area contributed by atoms with Gasteiger partial charge in [-0.25, -0.2) is 0 Å². The standard InChI is InChI=1S/C26H18ClF3N2O/c1-16(33)8-9-19-15-31-24-11-10-18(17-4-2-6-21(27)12-17)13-23(24)25(19)32-22-7-3-5-20(14-22)26(28,29)30/h2-15H,1H3,(H,31,32)/b9-8+. The van der Waals surface area contributed by atoms with Crippen LogP contribution in [0.3, 0.4) is 0 Å². The van der Waals surface area contributed by atoms with Crippen molar-refractivity contribution in [3.05, 3.63) is 95.2 Å². The quantitative estimate of drug-likeness (QED) is 0.304. The Labute approximate surface area is 193 Å². The number of carbonyl (C=O) groups excluding carboxylic acids is 1. The number of carbonyl (C=O) groups is 1. The number of nitrogens with one attached hydrogen (secondary N) is 1. The molecule has 0 fully saturated rings. The molecule has 0 radical (unpaired) electrons. The van der Waals surface area contributed by atoms with E-state index in [-0.39, 0.29) is 11.5 Å². The van der Waals surface area contributed by atoms with E-state index in [9.17, 15) is 18.0 Å². The number of aromatic nitrogens is 1. The normalized spacial score (nSPS) is 11.8. The van der Waals surface area contributed by atoms with Crippen molar-refractivity contribution in [2.24, 2.45) is 0 Å². The minimum atomic E-state index is -4.46. The minimum Gasteiger partial charge on any atom is -0.354 e. The minimum absolute atomic E-state index is 0.159. The molecule has 1 N–H and O–H groups in total. The van der Waals surface area contributed by atoms with Crippen LogP contribution in [0.1, 0.15) is 18.1 Å². The van der Waals surface area contributed by atoms with Gasteiger partial charge in [-0.3, -0.25) is 9.78 Å². The van der Waals surface area contributed by atoms with Crippen molar-refractivity contribution < 1.29 is 18.0 Å². The van der Waals surface area contributed by atoms with Crippen LogP contribution in [-0.4, -0.2) is 10.8 Å². The number of allylic oxidation sites excluding steroid dienone is 1. The molecule has 4 rings (SSSR count). The molecule has 166 valence electrons. The Hall–Kier alpha value is -3.64. The van der Waals surface area contributed by atoms with Crippen LogP contribution in [0.25, 0.3) is 28.1 Å². The number of hydrogen-bond donors (Lipinski definition) is 1. The molecule has 0 aliphatic carbocycles. The fourth-order valence-electron chi connectivity index (χ4n) is 3.45. The zero-order valence-corrected chi connectivity index (χ0v) is 18.2. The number of rotatable bonds is 5. The number of halogens is 4. The smallest absolute Gasteiger partial charge is 0.354 e. The second kappa shape index (κ2) is 9.08. The molecule has 1 heterocycles. The first-order chi connectivity index (χ1) is 15.7. The zero-order chi connectivity index (χ0) is 23.6. The molecule has 33 heavy (non-hydrogen) atoms. The predicted octanol–water partition coefficient (Wildman–Crippen LogP) is 7.92. The summed E-state index contributed by atoms with van der Waals surface area (Å²) < 4.78 is 39.7. The van der Waals surface area contributed by atoms with Gasteiger partial charge >= 0.3 is 6.18 Å². The summed E-state index contributed by atoms with van der Waals surface area (Å²) in [6.45, 7) is 1.42. The first-order valence-corrected chi connectivity index (χ1v) is 10.4. The Kier molecular flexibility index (Phi) is 6.20. The van der Waals surface area contributed by atoms with Crippen LogP contribution in [0.5, 0.6) is 0 Å². The molecule has 0 aliphatic rings. The molecule has 0 amide bonds. The Morgan fingerprint density at radius 3 is 2.48 bits per heavy atom. The third-order valence-electron chi connectivity index (χ3n) is 5.01. The van der Waals surface area contributed by atoms with E-state index in [0.717, 1.165) is 23.3 Å². The highest BCUT2D eigenvalue weighted by Crippen LogP contribution is 2.36. The van der Waals surface area contributed by atoms with Crippen molar-refractivity contribution in [2.75, 3.05) is 5.32 Å². The summed E-state index contributed by atoms with van der Waals surface area (Å²) in [7, 11) is 0. The number of ketones is 1. The molecular formula is C26H18ClF3N2O. The fourth-order valence-corrected chi connectivity index (χ4v) is 3.64. The van der Waals surface area contributed by atoms with Gasteiger partial charge in [-0.2, -0.15) is 13.2 Å². The van der Waals surface area contributed by atoms with Crippen LogP contribution in [0.4, 0.5) is 24.5 Å². The van der Waals surface area contributed by atoms with Crippen molar-refractivity contribution in [1.29, 1.82) is 0 Å². The van der Waals surface area contributed by atoms with Crippen LogP contribution < -0.4 is 5.32 Å². The summed E-state index contributed by atoms with van der Waals surface area (Å²) in [5.74, 6) is -0.159. The maximum Gasteiger partial charge on any atom is 0.416 e. The lowest BCUT2D eigenvalue weighted by Gasteiger charge is -2.15. The van der Waals surface area contributed by atoms with Crippen LogP contribution in [-0.2, 0) is 11.0 Å². The van der Waals surface area contributed by atoms with Gasteiger partial charge < -0.3 is 5.32 Å². The second-order valence-corrected chi connectivity index (χ2v) is 7.91. The molecule has 4 aromatic rings. The Balaban J connectivity index is 1.89. The third-order valence-corrected chi connectivity index (χ3v) is 5.25.